The van der Waals surface area contributed by atoms with Crippen molar-refractivity contribution in [3.8, 4) is 0 Å². The standard InChI is InChI=1S/C14H20BrN3O.ClH/c1-17-7-5-11(6-8-17)18(2)14(19)12-4-3-10(15)9-13(12)16;/h3-4,9,11H,5-8,16H2,1-2H3;1H. The molecule has 0 unspecified atom stereocenters. The van der Waals surface area contributed by atoms with Crippen molar-refractivity contribution < 1.29 is 4.79 Å². The number of hydrogen-bond donors (Lipinski definition) is 1. The number of carbonyl (C=O) groups is 1. The van der Waals surface area contributed by atoms with Crippen LogP contribution in [0.4, 0.5) is 5.69 Å². The zero-order valence-electron chi connectivity index (χ0n) is 11.8. The van der Waals surface area contributed by atoms with Gasteiger partial charge in [0.2, 0.25) is 0 Å². The third-order valence-electron chi connectivity index (χ3n) is 3.80. The van der Waals surface area contributed by atoms with E-state index in [1.807, 2.05) is 18.0 Å². The van der Waals surface area contributed by atoms with Crippen molar-refractivity contribution in [2.24, 2.45) is 0 Å². The molecule has 1 aromatic carbocycles. The van der Waals surface area contributed by atoms with Gasteiger partial charge < -0.3 is 15.5 Å². The van der Waals surface area contributed by atoms with Gasteiger partial charge in [-0.1, -0.05) is 15.9 Å². The van der Waals surface area contributed by atoms with Gasteiger partial charge in [0, 0.05) is 23.2 Å². The lowest BCUT2D eigenvalue weighted by atomic mass is 10.0. The summed E-state index contributed by atoms with van der Waals surface area (Å²) in [6, 6.07) is 5.72. The lowest BCUT2D eigenvalue weighted by Gasteiger charge is -2.35. The minimum atomic E-state index is 0. The lowest BCUT2D eigenvalue weighted by molar-refractivity contribution is 0.0660. The maximum absolute atomic E-state index is 12.5. The van der Waals surface area contributed by atoms with Gasteiger partial charge in [-0.2, -0.15) is 0 Å². The Hall–Kier alpha value is -0.780. The van der Waals surface area contributed by atoms with E-state index in [9.17, 15) is 4.79 Å². The van der Waals surface area contributed by atoms with Crippen LogP contribution >= 0.6 is 28.3 Å². The Labute approximate surface area is 134 Å². The number of benzene rings is 1. The minimum Gasteiger partial charge on any atom is -0.398 e. The predicted octanol–water partition coefficient (Wildman–Crippen LogP) is 2.62. The van der Waals surface area contributed by atoms with Gasteiger partial charge in [-0.05, 0) is 51.2 Å². The number of nitrogen functional groups attached to an aromatic ring is 1. The maximum atomic E-state index is 12.5. The molecule has 1 saturated heterocycles. The number of nitrogens with two attached hydrogens (primary N) is 1. The second-order valence-corrected chi connectivity index (χ2v) is 6.10. The van der Waals surface area contributed by atoms with Crippen molar-refractivity contribution in [2.75, 3.05) is 32.9 Å². The first-order valence-electron chi connectivity index (χ1n) is 6.50. The molecule has 4 nitrogen and oxygen atoms in total. The van der Waals surface area contributed by atoms with Crippen LogP contribution in [0.15, 0.2) is 22.7 Å². The summed E-state index contributed by atoms with van der Waals surface area (Å²) >= 11 is 3.36. The molecule has 112 valence electrons. The highest BCUT2D eigenvalue weighted by atomic mass is 79.9. The van der Waals surface area contributed by atoms with Gasteiger partial charge >= 0.3 is 0 Å². The predicted molar refractivity (Wildman–Crippen MR) is 88.4 cm³/mol. The Kier molecular flexibility index (Phi) is 6.30. The summed E-state index contributed by atoms with van der Waals surface area (Å²) in [6.45, 7) is 2.08. The smallest absolute Gasteiger partial charge is 0.255 e. The molecule has 0 spiro atoms. The highest BCUT2D eigenvalue weighted by Crippen LogP contribution is 2.22. The van der Waals surface area contributed by atoms with E-state index >= 15 is 0 Å². The van der Waals surface area contributed by atoms with Crippen LogP contribution in [0.3, 0.4) is 0 Å². The normalized spacial score (nSPS) is 16.6. The molecule has 2 N–H and O–H groups in total. The number of halogens is 2. The summed E-state index contributed by atoms with van der Waals surface area (Å²) in [4.78, 5) is 16.6. The Morgan fingerprint density at radius 2 is 2.00 bits per heavy atom. The van der Waals surface area contributed by atoms with Crippen molar-refractivity contribution >= 4 is 39.9 Å². The lowest BCUT2D eigenvalue weighted by Crippen LogP contribution is -2.44. The molecule has 1 aliphatic rings. The quantitative estimate of drug-likeness (QED) is 0.823. The fourth-order valence-electron chi connectivity index (χ4n) is 2.47. The molecule has 0 radical (unpaired) electrons. The van der Waals surface area contributed by atoms with E-state index in [1.165, 1.54) is 0 Å². The van der Waals surface area contributed by atoms with Crippen molar-refractivity contribution in [1.29, 1.82) is 0 Å². The third-order valence-corrected chi connectivity index (χ3v) is 4.29. The zero-order valence-corrected chi connectivity index (χ0v) is 14.2. The van der Waals surface area contributed by atoms with E-state index in [0.29, 0.717) is 17.3 Å². The number of hydrogen-bond acceptors (Lipinski definition) is 3. The Morgan fingerprint density at radius 1 is 1.40 bits per heavy atom. The minimum absolute atomic E-state index is 0. The number of likely N-dealkylation sites (tertiary alicyclic amines) is 1. The van der Waals surface area contributed by atoms with E-state index in [2.05, 4.69) is 27.9 Å². The largest absolute Gasteiger partial charge is 0.398 e. The van der Waals surface area contributed by atoms with Crippen LogP contribution < -0.4 is 5.73 Å². The Balaban J connectivity index is 0.00000200. The molecule has 2 rings (SSSR count). The monoisotopic (exact) mass is 361 g/mol. The third kappa shape index (κ3) is 3.87. The molecule has 1 amide bonds. The van der Waals surface area contributed by atoms with Gasteiger partial charge in [0.25, 0.3) is 5.91 Å². The first-order valence-corrected chi connectivity index (χ1v) is 7.29. The molecule has 0 aromatic heterocycles. The van der Waals surface area contributed by atoms with Gasteiger partial charge in [-0.15, -0.1) is 12.4 Å². The number of amides is 1. The average molecular weight is 363 g/mol. The number of carbonyl (C=O) groups excluding carboxylic acids is 1. The van der Waals surface area contributed by atoms with Gasteiger partial charge in [0.1, 0.15) is 0 Å². The molecule has 1 heterocycles. The van der Waals surface area contributed by atoms with E-state index in [0.717, 1.165) is 30.4 Å². The van der Waals surface area contributed by atoms with E-state index in [-0.39, 0.29) is 18.3 Å². The van der Waals surface area contributed by atoms with Crippen LogP contribution in [0, 0.1) is 0 Å². The van der Waals surface area contributed by atoms with E-state index in [4.69, 9.17) is 5.73 Å². The van der Waals surface area contributed by atoms with Crippen molar-refractivity contribution in [3.05, 3.63) is 28.2 Å². The Morgan fingerprint density at radius 3 is 2.55 bits per heavy atom. The fraction of sp³-hybridized carbons (Fsp3) is 0.500. The summed E-state index contributed by atoms with van der Waals surface area (Å²) in [5, 5.41) is 0. The van der Waals surface area contributed by atoms with Crippen molar-refractivity contribution in [1.82, 2.24) is 9.80 Å². The molecule has 20 heavy (non-hydrogen) atoms. The number of rotatable bonds is 2. The summed E-state index contributed by atoms with van der Waals surface area (Å²) in [5.74, 6) is 0.0135. The second kappa shape index (κ2) is 7.29. The number of piperidine rings is 1. The molecule has 1 aromatic rings. The maximum Gasteiger partial charge on any atom is 0.255 e. The molecular formula is C14H21BrClN3O. The topological polar surface area (TPSA) is 49.6 Å². The first kappa shape index (κ1) is 17.3. The van der Waals surface area contributed by atoms with Crippen molar-refractivity contribution in [2.45, 2.75) is 18.9 Å². The van der Waals surface area contributed by atoms with Crippen molar-refractivity contribution in [3.63, 3.8) is 0 Å². The molecule has 0 aliphatic carbocycles. The van der Waals surface area contributed by atoms with E-state index in [1.54, 1.807) is 12.1 Å². The summed E-state index contributed by atoms with van der Waals surface area (Å²) in [5.41, 5.74) is 7.04. The van der Waals surface area contributed by atoms with Crippen LogP contribution in [0.2, 0.25) is 0 Å². The number of nitrogens with zero attached hydrogens (tertiary/aromatic N) is 2. The van der Waals surface area contributed by atoms with Crippen LogP contribution in [-0.4, -0.2) is 48.9 Å². The van der Waals surface area contributed by atoms with Gasteiger partial charge in [-0.25, -0.2) is 0 Å². The van der Waals surface area contributed by atoms with E-state index < -0.39 is 0 Å². The van der Waals surface area contributed by atoms with Crippen LogP contribution in [0.1, 0.15) is 23.2 Å². The first-order chi connectivity index (χ1) is 8.99. The molecule has 1 aliphatic heterocycles. The van der Waals surface area contributed by atoms with Gasteiger partial charge in [0.15, 0.2) is 0 Å². The molecule has 0 bridgehead atoms. The molecule has 6 heteroatoms. The highest BCUT2D eigenvalue weighted by molar-refractivity contribution is 9.10. The average Bonchev–Trinajstić information content (AvgIpc) is 2.38. The summed E-state index contributed by atoms with van der Waals surface area (Å²) < 4.78 is 0.892. The molecule has 0 atom stereocenters. The number of anilines is 1. The molecule has 1 fully saturated rings. The van der Waals surface area contributed by atoms with Crippen LogP contribution in [0.25, 0.3) is 0 Å². The van der Waals surface area contributed by atoms with Gasteiger partial charge in [-0.3, -0.25) is 4.79 Å². The van der Waals surface area contributed by atoms with Crippen LogP contribution in [-0.2, 0) is 0 Å². The summed E-state index contributed by atoms with van der Waals surface area (Å²) in [7, 11) is 3.99. The molecule has 0 saturated carbocycles. The second-order valence-electron chi connectivity index (χ2n) is 5.18. The van der Waals surface area contributed by atoms with Gasteiger partial charge in [0.05, 0.1) is 5.56 Å². The zero-order chi connectivity index (χ0) is 14.0. The van der Waals surface area contributed by atoms with Crippen LogP contribution in [0.5, 0.6) is 0 Å². The highest BCUT2D eigenvalue weighted by Gasteiger charge is 2.25. The summed E-state index contributed by atoms with van der Waals surface area (Å²) in [6.07, 6.45) is 2.05. The molecular weight excluding hydrogens is 342 g/mol. The SMILES string of the molecule is CN1CCC(N(C)C(=O)c2ccc(Br)cc2N)CC1.Cl. The Bertz CT molecular complexity index is 475. The fourth-order valence-corrected chi connectivity index (χ4v) is 2.85.